The van der Waals surface area contributed by atoms with Crippen LogP contribution < -0.4 is 0 Å². The molecule has 0 aliphatic carbocycles. The van der Waals surface area contributed by atoms with E-state index in [4.69, 9.17) is 12.2 Å². The summed E-state index contributed by atoms with van der Waals surface area (Å²) in [6, 6.07) is 7.88. The molecule has 0 amide bonds. The van der Waals surface area contributed by atoms with Crippen LogP contribution in [0.2, 0.25) is 0 Å². The SMILES string of the molecule is CC(C)(SC(=S)c1ccccc1)C(=O)OCCC(F)(F)C(F)(F)C(F)(F)C(F)(F)C(F)(F)C(F)(F)F. The fraction of sp³-hybridized carbons (Fsp3) is 0.579. The maximum Gasteiger partial charge on any atom is 0.460 e. The quantitative estimate of drug-likeness (QED) is 0.161. The monoisotopic (exact) mass is 586 g/mol. The van der Waals surface area contributed by atoms with Crippen LogP contribution in [0.25, 0.3) is 0 Å². The number of hydrogen-bond donors (Lipinski definition) is 0. The third-order valence-electron chi connectivity index (χ3n) is 4.50. The standard InChI is InChI=1S/C19H15F13O2S2/c1-13(2,36-11(35)10-6-4-3-5-7-10)12(33)34-9-8-14(20,21)15(22,23)16(24,25)17(26,27)18(28,29)19(30,31)32/h3-7H,8-9H2,1-2H3. The topological polar surface area (TPSA) is 26.3 Å². The Labute approximate surface area is 204 Å². The van der Waals surface area contributed by atoms with Crippen molar-refractivity contribution in [2.24, 2.45) is 0 Å². The molecule has 206 valence electrons. The lowest BCUT2D eigenvalue weighted by Crippen LogP contribution is -2.70. The largest absolute Gasteiger partial charge is 0.464 e. The number of thioether (sulfide) groups is 1. The van der Waals surface area contributed by atoms with E-state index in [1.807, 2.05) is 0 Å². The molecule has 0 bridgehead atoms. The predicted octanol–water partition coefficient (Wildman–Crippen LogP) is 7.55. The molecule has 0 aromatic heterocycles. The molecule has 17 heteroatoms. The average molecular weight is 586 g/mol. The van der Waals surface area contributed by atoms with E-state index in [1.165, 1.54) is 12.1 Å². The first-order valence-electron chi connectivity index (χ1n) is 9.28. The maximum absolute atomic E-state index is 13.8. The molecule has 0 aliphatic heterocycles. The summed E-state index contributed by atoms with van der Waals surface area (Å²) in [5.74, 6) is -38.8. The van der Waals surface area contributed by atoms with Gasteiger partial charge in [0.25, 0.3) is 0 Å². The van der Waals surface area contributed by atoms with Crippen LogP contribution in [-0.4, -0.2) is 57.3 Å². The second-order valence-electron chi connectivity index (χ2n) is 7.65. The Bertz CT molecular complexity index is 944. The molecule has 0 saturated heterocycles. The normalized spacial score (nSPS) is 14.5. The molecule has 0 fully saturated rings. The second kappa shape index (κ2) is 10.2. The molecule has 0 aliphatic rings. The number of ether oxygens (including phenoxy) is 1. The minimum atomic E-state index is -7.98. The number of hydrogen-bond acceptors (Lipinski definition) is 4. The van der Waals surface area contributed by atoms with Gasteiger partial charge >= 0.3 is 41.8 Å². The zero-order valence-corrected chi connectivity index (χ0v) is 19.5. The van der Waals surface area contributed by atoms with Gasteiger partial charge in [-0.3, -0.25) is 4.79 Å². The van der Waals surface area contributed by atoms with Gasteiger partial charge in [0.15, 0.2) is 0 Å². The van der Waals surface area contributed by atoms with Crippen molar-refractivity contribution < 1.29 is 66.6 Å². The third kappa shape index (κ3) is 5.86. The minimum absolute atomic E-state index is 0.0990. The molecule has 0 heterocycles. The molecule has 0 atom stereocenters. The first-order chi connectivity index (χ1) is 15.9. The lowest BCUT2D eigenvalue weighted by molar-refractivity contribution is -0.440. The number of rotatable bonds is 10. The van der Waals surface area contributed by atoms with Gasteiger partial charge in [-0.2, -0.15) is 57.1 Å². The van der Waals surface area contributed by atoms with Crippen molar-refractivity contribution >= 4 is 34.1 Å². The highest BCUT2D eigenvalue weighted by Crippen LogP contribution is 2.60. The van der Waals surface area contributed by atoms with Crippen molar-refractivity contribution in [3.8, 4) is 0 Å². The van der Waals surface area contributed by atoms with Gasteiger partial charge in [0, 0.05) is 0 Å². The third-order valence-corrected chi connectivity index (χ3v) is 6.08. The van der Waals surface area contributed by atoms with Gasteiger partial charge in [0.1, 0.15) is 4.75 Å². The Morgan fingerprint density at radius 3 is 1.67 bits per heavy atom. The van der Waals surface area contributed by atoms with Crippen molar-refractivity contribution in [1.29, 1.82) is 0 Å². The molecule has 1 aromatic rings. The molecule has 0 saturated carbocycles. The van der Waals surface area contributed by atoms with Crippen LogP contribution in [0.5, 0.6) is 0 Å². The van der Waals surface area contributed by atoms with Gasteiger partial charge in [-0.05, 0) is 19.4 Å². The summed E-state index contributed by atoms with van der Waals surface area (Å²) in [5, 5.41) is 0. The van der Waals surface area contributed by atoms with E-state index >= 15 is 0 Å². The van der Waals surface area contributed by atoms with Crippen molar-refractivity contribution in [1.82, 2.24) is 0 Å². The van der Waals surface area contributed by atoms with Crippen LogP contribution in [-0.2, 0) is 9.53 Å². The Morgan fingerprint density at radius 1 is 0.778 bits per heavy atom. The van der Waals surface area contributed by atoms with E-state index in [2.05, 4.69) is 4.74 Å². The summed E-state index contributed by atoms with van der Waals surface area (Å²) in [5.41, 5.74) is 0.448. The van der Waals surface area contributed by atoms with Crippen molar-refractivity contribution in [2.45, 2.75) is 60.8 Å². The van der Waals surface area contributed by atoms with Crippen LogP contribution in [0.1, 0.15) is 25.8 Å². The van der Waals surface area contributed by atoms with E-state index in [9.17, 15) is 61.9 Å². The highest BCUT2D eigenvalue weighted by atomic mass is 32.2. The number of benzene rings is 1. The number of carbonyl (C=O) groups excluding carboxylic acids is 1. The molecule has 1 aromatic carbocycles. The molecule has 0 unspecified atom stereocenters. The number of halogens is 13. The van der Waals surface area contributed by atoms with Crippen LogP contribution in [0.4, 0.5) is 57.1 Å². The summed E-state index contributed by atoms with van der Waals surface area (Å²) in [4.78, 5) is 12.1. The molecule has 0 radical (unpaired) electrons. The summed E-state index contributed by atoms with van der Waals surface area (Å²) in [6.45, 7) is 0.479. The zero-order chi connectivity index (χ0) is 28.6. The van der Waals surface area contributed by atoms with Gasteiger partial charge in [-0.15, -0.1) is 0 Å². The van der Waals surface area contributed by atoms with Gasteiger partial charge in [-0.1, -0.05) is 54.3 Å². The highest BCUT2D eigenvalue weighted by molar-refractivity contribution is 8.25. The van der Waals surface area contributed by atoms with Crippen molar-refractivity contribution in [3.05, 3.63) is 35.9 Å². The smallest absolute Gasteiger partial charge is 0.460 e. The molecule has 2 nitrogen and oxygen atoms in total. The van der Waals surface area contributed by atoms with Crippen molar-refractivity contribution in [3.63, 3.8) is 0 Å². The Hall–Kier alpha value is -1.78. The Balaban J connectivity index is 2.99. The first-order valence-corrected chi connectivity index (χ1v) is 10.5. The van der Waals surface area contributed by atoms with E-state index < -0.39 is 59.5 Å². The van der Waals surface area contributed by atoms with Crippen LogP contribution in [0, 0.1) is 0 Å². The molecule has 1 rings (SSSR count). The van der Waals surface area contributed by atoms with E-state index in [0.717, 1.165) is 13.8 Å². The van der Waals surface area contributed by atoms with E-state index in [1.54, 1.807) is 18.2 Å². The highest BCUT2D eigenvalue weighted by Gasteiger charge is 2.90. The lowest BCUT2D eigenvalue weighted by atomic mass is 9.93. The fourth-order valence-electron chi connectivity index (χ4n) is 2.31. The molecular weight excluding hydrogens is 571 g/mol. The summed E-state index contributed by atoms with van der Waals surface area (Å²) in [6.07, 6.45) is -10.1. The van der Waals surface area contributed by atoms with Gasteiger partial charge in [-0.25, -0.2) is 0 Å². The van der Waals surface area contributed by atoms with Crippen LogP contribution >= 0.6 is 24.0 Å². The maximum atomic E-state index is 13.8. The Kier molecular flexibility index (Phi) is 9.11. The van der Waals surface area contributed by atoms with Crippen LogP contribution in [0.15, 0.2) is 30.3 Å². The molecule has 0 spiro atoms. The Morgan fingerprint density at radius 2 is 1.22 bits per heavy atom. The zero-order valence-electron chi connectivity index (χ0n) is 17.8. The van der Waals surface area contributed by atoms with Crippen molar-refractivity contribution in [2.75, 3.05) is 6.61 Å². The molecular formula is C19H15F13O2S2. The first kappa shape index (κ1) is 32.2. The predicted molar refractivity (Wildman–Crippen MR) is 106 cm³/mol. The number of thiocarbonyl (C=S) groups is 1. The summed E-state index contributed by atoms with van der Waals surface area (Å²) < 4.78 is 173. The summed E-state index contributed by atoms with van der Waals surface area (Å²) >= 11 is 5.73. The number of esters is 1. The number of carbonyl (C=O) groups is 1. The average Bonchev–Trinajstić information content (AvgIpc) is 2.72. The van der Waals surface area contributed by atoms with Gasteiger partial charge < -0.3 is 4.74 Å². The second-order valence-corrected chi connectivity index (χ2v) is 9.95. The van der Waals surface area contributed by atoms with Gasteiger partial charge in [0.2, 0.25) is 0 Å². The minimum Gasteiger partial charge on any atom is -0.464 e. The van der Waals surface area contributed by atoms with Crippen LogP contribution in [0.3, 0.4) is 0 Å². The van der Waals surface area contributed by atoms with E-state index in [-0.39, 0.29) is 4.20 Å². The lowest BCUT2D eigenvalue weighted by Gasteiger charge is -2.39. The van der Waals surface area contributed by atoms with Gasteiger partial charge in [0.05, 0.1) is 17.2 Å². The fourth-order valence-corrected chi connectivity index (χ4v) is 3.93. The van der Waals surface area contributed by atoms with E-state index in [0.29, 0.717) is 17.3 Å². The molecule has 36 heavy (non-hydrogen) atoms. The molecule has 0 N–H and O–H groups in total. The number of alkyl halides is 13. The summed E-state index contributed by atoms with van der Waals surface area (Å²) in [7, 11) is 0.